The maximum atomic E-state index is 12.8. The number of nitrogens with one attached hydrogen (secondary N) is 2. The topological polar surface area (TPSA) is 78.4 Å². The average molecular weight is 340 g/mol. The maximum Gasteiger partial charge on any atom is 0.261 e. The number of benzene rings is 2. The summed E-state index contributed by atoms with van der Waals surface area (Å²) in [6, 6.07) is 17.6. The standard InChI is InChI=1S/C20H24N2O3/c1-2-14-21-18(23)13-15-22-19(24)20(25,16-9-5-3-6-10-16)17-11-7-4-8-12-17/h3-12,25H,2,13-15H2,1H3,(H,21,23)(H,22,24). The second kappa shape index (κ2) is 8.99. The van der Waals surface area contributed by atoms with Crippen LogP contribution in [0.3, 0.4) is 0 Å². The van der Waals surface area contributed by atoms with Gasteiger partial charge in [0, 0.05) is 19.5 Å². The lowest BCUT2D eigenvalue weighted by Crippen LogP contribution is -2.46. The molecule has 2 amide bonds. The van der Waals surface area contributed by atoms with E-state index >= 15 is 0 Å². The van der Waals surface area contributed by atoms with Crippen LogP contribution in [-0.4, -0.2) is 30.0 Å². The van der Waals surface area contributed by atoms with E-state index in [2.05, 4.69) is 10.6 Å². The van der Waals surface area contributed by atoms with Crippen molar-refractivity contribution in [3.05, 3.63) is 71.8 Å². The van der Waals surface area contributed by atoms with E-state index in [1.54, 1.807) is 48.5 Å². The summed E-state index contributed by atoms with van der Waals surface area (Å²) in [6.07, 6.45) is 1.03. The summed E-state index contributed by atoms with van der Waals surface area (Å²) in [5, 5.41) is 16.6. The van der Waals surface area contributed by atoms with Gasteiger partial charge in [-0.25, -0.2) is 0 Å². The summed E-state index contributed by atoms with van der Waals surface area (Å²) < 4.78 is 0. The van der Waals surface area contributed by atoms with Crippen molar-refractivity contribution in [2.45, 2.75) is 25.4 Å². The number of hydrogen-bond donors (Lipinski definition) is 3. The molecule has 5 heteroatoms. The largest absolute Gasteiger partial charge is 0.372 e. The molecule has 25 heavy (non-hydrogen) atoms. The van der Waals surface area contributed by atoms with Gasteiger partial charge in [0.2, 0.25) is 5.91 Å². The van der Waals surface area contributed by atoms with Gasteiger partial charge in [-0.2, -0.15) is 0 Å². The lowest BCUT2D eigenvalue weighted by atomic mass is 9.85. The lowest BCUT2D eigenvalue weighted by molar-refractivity contribution is -0.136. The number of amides is 2. The first-order chi connectivity index (χ1) is 12.1. The molecule has 2 rings (SSSR count). The highest BCUT2D eigenvalue weighted by Crippen LogP contribution is 2.29. The molecule has 0 saturated heterocycles. The van der Waals surface area contributed by atoms with E-state index in [1.165, 1.54) is 0 Å². The van der Waals surface area contributed by atoms with Gasteiger partial charge in [0.15, 0.2) is 5.60 Å². The van der Waals surface area contributed by atoms with Gasteiger partial charge in [-0.3, -0.25) is 9.59 Å². The van der Waals surface area contributed by atoms with Crippen molar-refractivity contribution >= 4 is 11.8 Å². The van der Waals surface area contributed by atoms with Gasteiger partial charge < -0.3 is 15.7 Å². The molecule has 0 unspecified atom stereocenters. The van der Waals surface area contributed by atoms with Crippen LogP contribution in [0, 0.1) is 0 Å². The molecule has 3 N–H and O–H groups in total. The Hall–Kier alpha value is -2.66. The normalized spacial score (nSPS) is 11.0. The molecule has 0 aliphatic rings. The van der Waals surface area contributed by atoms with Crippen molar-refractivity contribution in [3.63, 3.8) is 0 Å². The lowest BCUT2D eigenvalue weighted by Gasteiger charge is -2.28. The Bertz CT molecular complexity index is 647. The number of hydrogen-bond acceptors (Lipinski definition) is 3. The SMILES string of the molecule is CCCNC(=O)CCNC(=O)C(O)(c1ccccc1)c1ccccc1. The van der Waals surface area contributed by atoms with Crippen LogP contribution in [0.4, 0.5) is 0 Å². The molecule has 0 bridgehead atoms. The molecule has 5 nitrogen and oxygen atoms in total. The summed E-state index contributed by atoms with van der Waals surface area (Å²) in [5.41, 5.74) is -0.842. The number of carbonyl (C=O) groups is 2. The van der Waals surface area contributed by atoms with E-state index in [4.69, 9.17) is 0 Å². The van der Waals surface area contributed by atoms with E-state index in [9.17, 15) is 14.7 Å². The zero-order valence-electron chi connectivity index (χ0n) is 14.4. The molecule has 132 valence electrons. The molecule has 2 aromatic carbocycles. The first kappa shape index (κ1) is 18.7. The fourth-order valence-electron chi connectivity index (χ4n) is 2.56. The van der Waals surface area contributed by atoms with Crippen LogP contribution in [0.2, 0.25) is 0 Å². The Morgan fingerprint density at radius 3 is 1.88 bits per heavy atom. The third-order valence-corrected chi connectivity index (χ3v) is 3.92. The molecule has 0 fully saturated rings. The van der Waals surface area contributed by atoms with Crippen molar-refractivity contribution in [1.82, 2.24) is 10.6 Å². The molecule has 0 spiro atoms. The highest BCUT2D eigenvalue weighted by molar-refractivity contribution is 5.90. The summed E-state index contributed by atoms with van der Waals surface area (Å²) in [6.45, 7) is 2.75. The fraction of sp³-hybridized carbons (Fsp3) is 0.300. The Morgan fingerprint density at radius 2 is 1.40 bits per heavy atom. The number of carbonyl (C=O) groups excluding carboxylic acids is 2. The minimum Gasteiger partial charge on any atom is -0.372 e. The zero-order valence-corrected chi connectivity index (χ0v) is 14.4. The van der Waals surface area contributed by atoms with E-state index in [0.29, 0.717) is 17.7 Å². The molecular weight excluding hydrogens is 316 g/mol. The van der Waals surface area contributed by atoms with Crippen molar-refractivity contribution in [3.8, 4) is 0 Å². The molecule has 2 aromatic rings. The van der Waals surface area contributed by atoms with E-state index < -0.39 is 11.5 Å². The number of rotatable bonds is 8. The highest BCUT2D eigenvalue weighted by Gasteiger charge is 2.39. The Balaban J connectivity index is 2.14. The average Bonchev–Trinajstić information content (AvgIpc) is 2.67. The molecule has 0 radical (unpaired) electrons. The van der Waals surface area contributed by atoms with Crippen molar-refractivity contribution in [2.75, 3.05) is 13.1 Å². The predicted molar refractivity (Wildman–Crippen MR) is 96.8 cm³/mol. The van der Waals surface area contributed by atoms with Crippen molar-refractivity contribution in [1.29, 1.82) is 0 Å². The van der Waals surface area contributed by atoms with Gasteiger partial charge in [0.1, 0.15) is 0 Å². The molecule has 0 aliphatic carbocycles. The molecule has 0 aliphatic heterocycles. The molecule has 0 heterocycles. The smallest absolute Gasteiger partial charge is 0.261 e. The maximum absolute atomic E-state index is 12.8. The summed E-state index contributed by atoms with van der Waals surface area (Å²) in [4.78, 5) is 24.4. The first-order valence-electron chi connectivity index (χ1n) is 8.47. The van der Waals surface area contributed by atoms with Crippen LogP contribution >= 0.6 is 0 Å². The Morgan fingerprint density at radius 1 is 0.880 bits per heavy atom. The number of aliphatic hydroxyl groups is 1. The fourth-order valence-corrected chi connectivity index (χ4v) is 2.56. The van der Waals surface area contributed by atoms with Crippen LogP contribution in [-0.2, 0) is 15.2 Å². The van der Waals surface area contributed by atoms with Gasteiger partial charge in [0.25, 0.3) is 5.91 Å². The van der Waals surface area contributed by atoms with Gasteiger partial charge >= 0.3 is 0 Å². The minimum atomic E-state index is -1.80. The van der Waals surface area contributed by atoms with Crippen molar-refractivity contribution in [2.24, 2.45) is 0 Å². The second-order valence-electron chi connectivity index (χ2n) is 5.80. The predicted octanol–water partition coefficient (Wildman–Crippen LogP) is 1.96. The third-order valence-electron chi connectivity index (χ3n) is 3.92. The van der Waals surface area contributed by atoms with E-state index in [-0.39, 0.29) is 18.9 Å². The van der Waals surface area contributed by atoms with Crippen LogP contribution in [0.5, 0.6) is 0 Å². The summed E-state index contributed by atoms with van der Waals surface area (Å²) >= 11 is 0. The molecule has 0 aromatic heterocycles. The zero-order chi connectivity index (χ0) is 18.1. The summed E-state index contributed by atoms with van der Waals surface area (Å²) in [7, 11) is 0. The molecule has 0 saturated carbocycles. The Labute approximate surface area is 148 Å². The van der Waals surface area contributed by atoms with Gasteiger partial charge in [-0.1, -0.05) is 67.6 Å². The van der Waals surface area contributed by atoms with Gasteiger partial charge in [-0.05, 0) is 17.5 Å². The van der Waals surface area contributed by atoms with Crippen LogP contribution < -0.4 is 10.6 Å². The highest BCUT2D eigenvalue weighted by atomic mass is 16.3. The van der Waals surface area contributed by atoms with Gasteiger partial charge in [0.05, 0.1) is 0 Å². The Kier molecular flexibility index (Phi) is 6.71. The van der Waals surface area contributed by atoms with Crippen molar-refractivity contribution < 1.29 is 14.7 Å². The third kappa shape index (κ3) is 4.67. The van der Waals surface area contributed by atoms with E-state index in [0.717, 1.165) is 6.42 Å². The quantitative estimate of drug-likeness (QED) is 0.687. The molecule has 0 atom stereocenters. The van der Waals surface area contributed by atoms with Crippen LogP contribution in [0.15, 0.2) is 60.7 Å². The summed E-state index contributed by atoms with van der Waals surface area (Å²) in [5.74, 6) is -0.668. The monoisotopic (exact) mass is 340 g/mol. The van der Waals surface area contributed by atoms with Gasteiger partial charge in [-0.15, -0.1) is 0 Å². The second-order valence-corrected chi connectivity index (χ2v) is 5.80. The van der Waals surface area contributed by atoms with E-state index in [1.807, 2.05) is 19.1 Å². The van der Waals surface area contributed by atoms with Crippen LogP contribution in [0.1, 0.15) is 30.9 Å². The van der Waals surface area contributed by atoms with Crippen LogP contribution in [0.25, 0.3) is 0 Å². The molecular formula is C20H24N2O3. The minimum absolute atomic E-state index is 0.120. The first-order valence-corrected chi connectivity index (χ1v) is 8.47.